The van der Waals surface area contributed by atoms with Crippen molar-refractivity contribution in [3.63, 3.8) is 0 Å². The molecule has 2 heterocycles. The summed E-state index contributed by atoms with van der Waals surface area (Å²) in [6, 6.07) is 12.1. The first-order valence-electron chi connectivity index (χ1n) is 11.2. The van der Waals surface area contributed by atoms with E-state index < -0.39 is 0 Å². The number of aryl methyl sites for hydroxylation is 1. The molecule has 0 saturated heterocycles. The van der Waals surface area contributed by atoms with Crippen molar-refractivity contribution in [2.45, 2.75) is 58.2 Å². The number of nitrogens with one attached hydrogen (secondary N) is 2. The molecule has 6 heteroatoms. The lowest BCUT2D eigenvalue weighted by Crippen LogP contribution is -3.14. The van der Waals surface area contributed by atoms with Crippen LogP contribution in [0.5, 0.6) is 0 Å². The standard InChI is InChI=1S/C25H31N3O3/c1-18-10-11-23-19(13-18)14-20(25(30)26-23)15-28(16-22-9-6-12-31-22)24(29)17-27(2)21-7-4-3-5-8-21/h6,9-14,21H,3-5,7-8,15-17H2,1-2H3,(H,26,30)/p+1. The summed E-state index contributed by atoms with van der Waals surface area (Å²) in [4.78, 5) is 32.0. The Kier molecular flexibility index (Phi) is 6.56. The molecule has 3 aromatic rings. The first kappa shape index (κ1) is 21.4. The number of hydrogen-bond donors (Lipinski definition) is 2. The fraction of sp³-hybridized carbons (Fsp3) is 0.440. The lowest BCUT2D eigenvalue weighted by atomic mass is 9.94. The molecule has 1 atom stereocenters. The lowest BCUT2D eigenvalue weighted by molar-refractivity contribution is -0.899. The maximum absolute atomic E-state index is 13.3. The van der Waals surface area contributed by atoms with Crippen molar-refractivity contribution in [3.8, 4) is 0 Å². The van der Waals surface area contributed by atoms with E-state index in [2.05, 4.69) is 18.1 Å². The number of aromatic amines is 1. The molecule has 31 heavy (non-hydrogen) atoms. The number of H-pyrrole nitrogens is 1. The molecule has 1 fully saturated rings. The van der Waals surface area contributed by atoms with Gasteiger partial charge in [0.2, 0.25) is 0 Å². The van der Waals surface area contributed by atoms with E-state index >= 15 is 0 Å². The Balaban J connectivity index is 1.56. The number of carbonyl (C=O) groups excluding carboxylic acids is 1. The molecule has 1 amide bonds. The maximum atomic E-state index is 13.3. The van der Waals surface area contributed by atoms with E-state index in [1.165, 1.54) is 37.0 Å². The zero-order chi connectivity index (χ0) is 21.8. The summed E-state index contributed by atoms with van der Waals surface area (Å²) in [5.41, 5.74) is 2.38. The Bertz CT molecular complexity index is 1080. The summed E-state index contributed by atoms with van der Waals surface area (Å²) >= 11 is 0. The summed E-state index contributed by atoms with van der Waals surface area (Å²) in [5, 5.41) is 0.977. The lowest BCUT2D eigenvalue weighted by Gasteiger charge is -2.30. The van der Waals surface area contributed by atoms with Crippen LogP contribution in [-0.2, 0) is 17.9 Å². The van der Waals surface area contributed by atoms with Gasteiger partial charge in [-0.25, -0.2) is 0 Å². The van der Waals surface area contributed by atoms with Crippen LogP contribution in [0.3, 0.4) is 0 Å². The van der Waals surface area contributed by atoms with Gasteiger partial charge in [0.1, 0.15) is 5.76 Å². The van der Waals surface area contributed by atoms with E-state index in [0.29, 0.717) is 24.7 Å². The van der Waals surface area contributed by atoms with Crippen molar-refractivity contribution in [2.75, 3.05) is 13.6 Å². The molecule has 0 radical (unpaired) electrons. The van der Waals surface area contributed by atoms with Gasteiger partial charge in [-0.15, -0.1) is 0 Å². The van der Waals surface area contributed by atoms with E-state index in [0.717, 1.165) is 22.2 Å². The molecule has 1 aliphatic carbocycles. The minimum atomic E-state index is -0.151. The van der Waals surface area contributed by atoms with E-state index in [-0.39, 0.29) is 18.0 Å². The summed E-state index contributed by atoms with van der Waals surface area (Å²) in [6.07, 6.45) is 7.77. The second-order valence-corrected chi connectivity index (χ2v) is 8.90. The molecule has 164 valence electrons. The zero-order valence-electron chi connectivity index (χ0n) is 18.4. The van der Waals surface area contributed by atoms with E-state index in [1.54, 1.807) is 11.2 Å². The van der Waals surface area contributed by atoms with Gasteiger partial charge in [-0.1, -0.05) is 18.1 Å². The molecular formula is C25H32N3O3+. The van der Waals surface area contributed by atoms with Crippen LogP contribution in [0.1, 0.15) is 49.0 Å². The van der Waals surface area contributed by atoms with E-state index in [9.17, 15) is 9.59 Å². The third-order valence-electron chi connectivity index (χ3n) is 6.45. The first-order chi connectivity index (χ1) is 15.0. The number of carbonyl (C=O) groups is 1. The second kappa shape index (κ2) is 9.52. The van der Waals surface area contributed by atoms with Crippen LogP contribution >= 0.6 is 0 Å². The van der Waals surface area contributed by atoms with Gasteiger partial charge < -0.3 is 19.2 Å². The van der Waals surface area contributed by atoms with Crippen LogP contribution in [0.2, 0.25) is 0 Å². The maximum Gasteiger partial charge on any atom is 0.278 e. The molecular weight excluding hydrogens is 390 g/mol. The van der Waals surface area contributed by atoms with Gasteiger partial charge in [0.15, 0.2) is 6.54 Å². The summed E-state index contributed by atoms with van der Waals surface area (Å²) in [7, 11) is 2.12. The number of furan rings is 1. The van der Waals surface area contributed by atoms with Gasteiger partial charge in [-0.2, -0.15) is 0 Å². The predicted octanol–water partition coefficient (Wildman–Crippen LogP) is 2.81. The Morgan fingerprint density at radius 1 is 1.16 bits per heavy atom. The van der Waals surface area contributed by atoms with Crippen LogP contribution < -0.4 is 10.5 Å². The van der Waals surface area contributed by atoms with Crippen molar-refractivity contribution in [2.24, 2.45) is 0 Å². The number of benzene rings is 1. The van der Waals surface area contributed by atoms with Gasteiger partial charge in [0.05, 0.1) is 32.4 Å². The van der Waals surface area contributed by atoms with Gasteiger partial charge in [-0.3, -0.25) is 9.59 Å². The molecule has 2 N–H and O–H groups in total. The fourth-order valence-electron chi connectivity index (χ4n) is 4.61. The van der Waals surface area contributed by atoms with Crippen molar-refractivity contribution < 1.29 is 14.1 Å². The predicted molar refractivity (Wildman–Crippen MR) is 121 cm³/mol. The largest absolute Gasteiger partial charge is 0.467 e. The highest BCUT2D eigenvalue weighted by Crippen LogP contribution is 2.17. The molecule has 0 aliphatic heterocycles. The van der Waals surface area contributed by atoms with Gasteiger partial charge in [0, 0.05) is 11.1 Å². The van der Waals surface area contributed by atoms with Crippen molar-refractivity contribution in [1.82, 2.24) is 9.88 Å². The highest BCUT2D eigenvalue weighted by atomic mass is 16.3. The second-order valence-electron chi connectivity index (χ2n) is 8.90. The number of pyridine rings is 1. The number of aromatic nitrogens is 1. The van der Waals surface area contributed by atoms with Crippen molar-refractivity contribution in [3.05, 3.63) is 69.9 Å². The fourth-order valence-corrected chi connectivity index (χ4v) is 4.61. The van der Waals surface area contributed by atoms with Crippen LogP contribution in [0.15, 0.2) is 51.9 Å². The Hall–Kier alpha value is -2.86. The molecule has 6 nitrogen and oxygen atoms in total. The van der Waals surface area contributed by atoms with Gasteiger partial charge >= 0.3 is 0 Å². The van der Waals surface area contributed by atoms with E-state index in [4.69, 9.17) is 4.42 Å². The van der Waals surface area contributed by atoms with Crippen LogP contribution in [0, 0.1) is 6.92 Å². The Morgan fingerprint density at radius 2 is 1.97 bits per heavy atom. The van der Waals surface area contributed by atoms with Crippen LogP contribution in [-0.4, -0.2) is 35.4 Å². The topological polar surface area (TPSA) is 70.8 Å². The average molecular weight is 423 g/mol. The minimum Gasteiger partial charge on any atom is -0.467 e. The molecule has 1 saturated carbocycles. The van der Waals surface area contributed by atoms with Crippen LogP contribution in [0.4, 0.5) is 0 Å². The molecule has 4 rings (SSSR count). The number of quaternary nitrogens is 1. The van der Waals surface area contributed by atoms with Crippen molar-refractivity contribution >= 4 is 16.8 Å². The summed E-state index contributed by atoms with van der Waals surface area (Å²) < 4.78 is 5.50. The zero-order valence-corrected chi connectivity index (χ0v) is 18.4. The average Bonchev–Trinajstić information content (AvgIpc) is 3.27. The molecule has 0 spiro atoms. The number of amides is 1. The molecule has 0 bridgehead atoms. The first-order valence-corrected chi connectivity index (χ1v) is 11.2. The third-order valence-corrected chi connectivity index (χ3v) is 6.45. The number of nitrogens with zero attached hydrogens (tertiary/aromatic N) is 1. The van der Waals surface area contributed by atoms with Crippen molar-refractivity contribution in [1.29, 1.82) is 0 Å². The monoisotopic (exact) mass is 422 g/mol. The Morgan fingerprint density at radius 3 is 2.71 bits per heavy atom. The minimum absolute atomic E-state index is 0.0446. The number of likely N-dealkylation sites (N-methyl/N-ethyl adjacent to an activating group) is 1. The highest BCUT2D eigenvalue weighted by molar-refractivity contribution is 5.80. The smallest absolute Gasteiger partial charge is 0.278 e. The summed E-state index contributed by atoms with van der Waals surface area (Å²) in [5.74, 6) is 0.764. The molecule has 2 aromatic heterocycles. The van der Waals surface area contributed by atoms with E-state index in [1.807, 2.05) is 37.3 Å². The molecule has 1 aliphatic rings. The number of fused-ring (bicyclic) bond motifs is 1. The number of rotatable bonds is 7. The number of hydrogen-bond acceptors (Lipinski definition) is 3. The molecule has 1 aromatic carbocycles. The highest BCUT2D eigenvalue weighted by Gasteiger charge is 2.26. The quantitative estimate of drug-likeness (QED) is 0.615. The molecule has 1 unspecified atom stereocenters. The van der Waals surface area contributed by atoms with Gasteiger partial charge in [-0.05, 0) is 68.3 Å². The SMILES string of the molecule is Cc1ccc2[nH]c(=O)c(CN(Cc3ccco3)C(=O)C[NH+](C)C3CCCCC3)cc2c1. The normalized spacial score (nSPS) is 15.8. The van der Waals surface area contributed by atoms with Gasteiger partial charge in [0.25, 0.3) is 11.5 Å². The Labute approximate surface area is 182 Å². The van der Waals surface area contributed by atoms with Crippen LogP contribution in [0.25, 0.3) is 10.9 Å². The summed E-state index contributed by atoms with van der Waals surface area (Å²) in [6.45, 7) is 3.07. The third kappa shape index (κ3) is 5.25.